The highest BCUT2D eigenvalue weighted by molar-refractivity contribution is 6.11. The molecule has 0 fully saturated rings. The molecule has 0 spiro atoms. The largest absolute Gasteiger partial charge is 0.456 e. The van der Waals surface area contributed by atoms with E-state index in [1.165, 1.54) is 11.1 Å². The van der Waals surface area contributed by atoms with Gasteiger partial charge in [-0.3, -0.25) is 4.57 Å². The monoisotopic (exact) mass is 761 g/mol. The van der Waals surface area contributed by atoms with Crippen molar-refractivity contribution in [2.24, 2.45) is 0 Å². The van der Waals surface area contributed by atoms with Gasteiger partial charge < -0.3 is 14.5 Å². The van der Waals surface area contributed by atoms with Crippen LogP contribution in [0.3, 0.4) is 0 Å². The Morgan fingerprint density at radius 1 is 0.569 bits per heavy atom. The molecular formula is C50H47N7O. The van der Waals surface area contributed by atoms with Gasteiger partial charge in [0.05, 0.1) is 23.3 Å². The fraction of sp³-hybridized carbons (Fsp3) is 0.200. The molecule has 288 valence electrons. The van der Waals surface area contributed by atoms with Crippen LogP contribution in [0.1, 0.15) is 52.7 Å². The van der Waals surface area contributed by atoms with Crippen molar-refractivity contribution in [3.05, 3.63) is 157 Å². The summed E-state index contributed by atoms with van der Waals surface area (Å²) in [4.78, 5) is 24.7. The van der Waals surface area contributed by atoms with Crippen molar-refractivity contribution >= 4 is 27.5 Å². The molecule has 5 aromatic carbocycles. The molecule has 8 nitrogen and oxygen atoms in total. The van der Waals surface area contributed by atoms with Gasteiger partial charge in [0.1, 0.15) is 17.3 Å². The average molecular weight is 762 g/mol. The zero-order valence-electron chi connectivity index (χ0n) is 34.1. The molecule has 0 amide bonds. The number of ether oxygens (including phenoxy) is 1. The van der Waals surface area contributed by atoms with E-state index in [2.05, 4.69) is 130 Å². The number of pyridine rings is 1. The number of rotatable bonds is 7. The molecule has 8 aromatic rings. The van der Waals surface area contributed by atoms with Crippen LogP contribution in [0, 0.1) is 0 Å². The summed E-state index contributed by atoms with van der Waals surface area (Å²) >= 11 is 0. The molecule has 0 N–H and O–H groups in total. The molecule has 0 saturated heterocycles. The van der Waals surface area contributed by atoms with E-state index < -0.39 is 0 Å². The van der Waals surface area contributed by atoms with Gasteiger partial charge in [0.15, 0.2) is 17.5 Å². The highest BCUT2D eigenvalue weighted by Gasteiger charge is 2.25. The van der Waals surface area contributed by atoms with E-state index >= 15 is 0 Å². The first-order valence-corrected chi connectivity index (χ1v) is 19.8. The minimum Gasteiger partial charge on any atom is -0.456 e. The zero-order chi connectivity index (χ0) is 40.2. The molecule has 0 unspecified atom stereocenters. The van der Waals surface area contributed by atoms with Gasteiger partial charge in [-0.1, -0.05) is 114 Å². The molecule has 0 aliphatic carbocycles. The fourth-order valence-electron chi connectivity index (χ4n) is 7.50. The minimum atomic E-state index is -0.129. The van der Waals surface area contributed by atoms with Crippen LogP contribution in [0.15, 0.2) is 146 Å². The van der Waals surface area contributed by atoms with E-state index in [4.69, 9.17) is 24.7 Å². The van der Waals surface area contributed by atoms with Crippen LogP contribution in [-0.2, 0) is 10.8 Å². The summed E-state index contributed by atoms with van der Waals surface area (Å²) in [5.74, 6) is 3.86. The van der Waals surface area contributed by atoms with Crippen molar-refractivity contribution in [2.75, 3.05) is 18.6 Å². The number of benzene rings is 5. The zero-order valence-corrected chi connectivity index (χ0v) is 34.1. The Labute approximate surface area is 340 Å². The Bertz CT molecular complexity index is 2760. The second kappa shape index (κ2) is 14.3. The lowest BCUT2D eigenvalue weighted by Crippen LogP contribution is -2.22. The normalized spacial score (nSPS) is 13.2. The predicted octanol–water partition coefficient (Wildman–Crippen LogP) is 11.9. The maximum Gasteiger partial charge on any atom is 0.167 e. The van der Waals surface area contributed by atoms with Gasteiger partial charge in [-0.05, 0) is 64.4 Å². The van der Waals surface area contributed by atoms with Crippen LogP contribution in [-0.4, -0.2) is 43.1 Å². The standard InChI is InChI=1S/C50H47N7O/c1-49(2,3)35-21-22-42-39(28-35)40-30-41(48-53-46(33-16-10-8-11-17-33)52-47(54-48)34-18-12-9-13-19-34)44(31-43(40)57(42)45-20-14-15-23-51-45)58-38-27-36(50(4,5)6)26-37(29-38)56-25-24-55(7)32-56/h8-31H,32H2,1-7H3. The first kappa shape index (κ1) is 36.8. The van der Waals surface area contributed by atoms with Crippen molar-refractivity contribution in [1.82, 2.24) is 29.4 Å². The third-order valence-electron chi connectivity index (χ3n) is 10.7. The number of anilines is 1. The van der Waals surface area contributed by atoms with Crippen molar-refractivity contribution in [3.63, 3.8) is 0 Å². The summed E-state index contributed by atoms with van der Waals surface area (Å²) in [5, 5.41) is 2.16. The van der Waals surface area contributed by atoms with Crippen molar-refractivity contribution in [3.8, 4) is 51.5 Å². The summed E-state index contributed by atoms with van der Waals surface area (Å²) in [6, 6.07) is 43.8. The molecule has 1 aliphatic heterocycles. The van der Waals surface area contributed by atoms with Gasteiger partial charge in [0.25, 0.3) is 0 Å². The van der Waals surface area contributed by atoms with E-state index in [1.54, 1.807) is 0 Å². The Kier molecular flexibility index (Phi) is 9.07. The van der Waals surface area contributed by atoms with Gasteiger partial charge in [-0.15, -0.1) is 0 Å². The highest BCUT2D eigenvalue weighted by atomic mass is 16.5. The lowest BCUT2D eigenvalue weighted by atomic mass is 9.86. The Hall–Kier alpha value is -6.80. The summed E-state index contributed by atoms with van der Waals surface area (Å²) in [6.07, 6.45) is 6.04. The van der Waals surface area contributed by atoms with E-state index in [9.17, 15) is 0 Å². The predicted molar refractivity (Wildman–Crippen MR) is 236 cm³/mol. The number of hydrogen-bond acceptors (Lipinski definition) is 7. The number of hydrogen-bond donors (Lipinski definition) is 0. The highest BCUT2D eigenvalue weighted by Crippen LogP contribution is 2.43. The average Bonchev–Trinajstić information content (AvgIpc) is 3.81. The summed E-state index contributed by atoms with van der Waals surface area (Å²) in [7, 11) is 2.08. The molecule has 0 radical (unpaired) electrons. The third-order valence-corrected chi connectivity index (χ3v) is 10.7. The summed E-state index contributed by atoms with van der Waals surface area (Å²) in [5.41, 5.74) is 7.86. The van der Waals surface area contributed by atoms with Gasteiger partial charge in [0.2, 0.25) is 0 Å². The second-order valence-electron chi connectivity index (χ2n) is 17.1. The molecule has 1 aliphatic rings. The smallest absolute Gasteiger partial charge is 0.167 e. The van der Waals surface area contributed by atoms with Gasteiger partial charge in [0, 0.05) is 65.4 Å². The fourth-order valence-corrected chi connectivity index (χ4v) is 7.50. The topological polar surface area (TPSA) is 72.2 Å². The lowest BCUT2D eigenvalue weighted by Gasteiger charge is -2.25. The quantitative estimate of drug-likeness (QED) is 0.160. The van der Waals surface area contributed by atoms with Crippen molar-refractivity contribution in [1.29, 1.82) is 0 Å². The molecule has 58 heavy (non-hydrogen) atoms. The van der Waals surface area contributed by atoms with Gasteiger partial charge in [-0.2, -0.15) is 0 Å². The Balaban J connectivity index is 1.35. The first-order valence-electron chi connectivity index (χ1n) is 19.8. The summed E-state index contributed by atoms with van der Waals surface area (Å²) in [6.45, 7) is 14.2. The van der Waals surface area contributed by atoms with Crippen LogP contribution < -0.4 is 9.64 Å². The van der Waals surface area contributed by atoms with Crippen LogP contribution >= 0.6 is 0 Å². The molecule has 9 rings (SSSR count). The Morgan fingerprint density at radius 3 is 1.81 bits per heavy atom. The van der Waals surface area contributed by atoms with E-state index in [1.807, 2.05) is 79.0 Å². The minimum absolute atomic E-state index is 0.0576. The second-order valence-corrected chi connectivity index (χ2v) is 17.1. The first-order chi connectivity index (χ1) is 27.9. The van der Waals surface area contributed by atoms with Gasteiger partial charge >= 0.3 is 0 Å². The summed E-state index contributed by atoms with van der Waals surface area (Å²) < 4.78 is 9.42. The number of fused-ring (bicyclic) bond motifs is 3. The molecule has 0 atom stereocenters. The molecular weight excluding hydrogens is 715 g/mol. The maximum atomic E-state index is 7.19. The van der Waals surface area contributed by atoms with Crippen LogP contribution in [0.2, 0.25) is 0 Å². The van der Waals surface area contributed by atoms with Crippen LogP contribution in [0.4, 0.5) is 5.69 Å². The van der Waals surface area contributed by atoms with E-state index in [-0.39, 0.29) is 10.8 Å². The molecule has 8 heteroatoms. The van der Waals surface area contributed by atoms with Crippen molar-refractivity contribution < 1.29 is 4.74 Å². The molecule has 3 aromatic heterocycles. The molecule has 4 heterocycles. The van der Waals surface area contributed by atoms with E-state index in [0.29, 0.717) is 23.2 Å². The lowest BCUT2D eigenvalue weighted by molar-refractivity contribution is 0.478. The SMILES string of the molecule is CN1C=CN(c2cc(Oc3cc4c(cc3-c3nc(-c5ccccc5)nc(-c5ccccc5)n3)c3cc(C(C)(C)C)ccc3n4-c3ccccn3)cc(C(C)(C)C)c2)C1. The molecule has 0 bridgehead atoms. The van der Waals surface area contributed by atoms with Crippen LogP contribution in [0.5, 0.6) is 11.5 Å². The third kappa shape index (κ3) is 7.06. The Morgan fingerprint density at radius 2 is 1.21 bits per heavy atom. The maximum absolute atomic E-state index is 7.19. The molecule has 0 saturated carbocycles. The van der Waals surface area contributed by atoms with E-state index in [0.717, 1.165) is 62.4 Å². The van der Waals surface area contributed by atoms with Gasteiger partial charge in [-0.25, -0.2) is 19.9 Å². The number of nitrogens with zero attached hydrogens (tertiary/aromatic N) is 7. The van der Waals surface area contributed by atoms with Crippen molar-refractivity contribution in [2.45, 2.75) is 52.4 Å². The number of aromatic nitrogens is 5. The van der Waals surface area contributed by atoms with Crippen LogP contribution in [0.25, 0.3) is 61.8 Å².